The maximum absolute atomic E-state index is 12.6. The summed E-state index contributed by atoms with van der Waals surface area (Å²) in [7, 11) is -1.88. The van der Waals surface area contributed by atoms with Gasteiger partial charge in [0, 0.05) is 18.1 Å². The van der Waals surface area contributed by atoms with E-state index in [1.807, 2.05) is 32.0 Å². The number of hydrogen-bond donors (Lipinski definition) is 0. The highest BCUT2D eigenvalue weighted by Gasteiger charge is 2.21. The van der Waals surface area contributed by atoms with Crippen molar-refractivity contribution in [2.24, 2.45) is 0 Å². The summed E-state index contributed by atoms with van der Waals surface area (Å²) >= 11 is 3.31. The average Bonchev–Trinajstić information content (AvgIpc) is 2.41. The maximum atomic E-state index is 12.6. The van der Waals surface area contributed by atoms with Gasteiger partial charge in [0.05, 0.1) is 4.90 Å². The zero-order valence-corrected chi connectivity index (χ0v) is 14.7. The highest BCUT2D eigenvalue weighted by atomic mass is 79.9. The van der Waals surface area contributed by atoms with Gasteiger partial charge in [-0.05, 0) is 43.2 Å². The smallest absolute Gasteiger partial charge is 0.207 e. The number of hydrogen-bond acceptors (Lipinski definition) is 2. The summed E-state index contributed by atoms with van der Waals surface area (Å²) in [5.74, 6) is 0. The van der Waals surface area contributed by atoms with E-state index in [0.717, 1.165) is 15.6 Å². The fourth-order valence-electron chi connectivity index (χ4n) is 2.16. The Balaban J connectivity index is 2.28. The first kappa shape index (κ1) is 16.2. The average molecular weight is 368 g/mol. The standard InChI is InChI=1S/C16H18BrNO2S/c1-12-7-8-14(13(2)9-12)11-18(3)21(19,20)16-6-4-5-15(17)10-16/h4-10H,11H2,1-3H3. The summed E-state index contributed by atoms with van der Waals surface area (Å²) in [5.41, 5.74) is 3.29. The van der Waals surface area contributed by atoms with Gasteiger partial charge in [-0.3, -0.25) is 0 Å². The first-order chi connectivity index (χ1) is 9.80. The number of rotatable bonds is 4. The summed E-state index contributed by atoms with van der Waals surface area (Å²) in [6.07, 6.45) is 0. The number of benzene rings is 2. The van der Waals surface area contributed by atoms with Gasteiger partial charge in [0.2, 0.25) is 10.0 Å². The number of aryl methyl sites for hydroxylation is 2. The van der Waals surface area contributed by atoms with Crippen molar-refractivity contribution < 1.29 is 8.42 Å². The van der Waals surface area contributed by atoms with Crippen molar-refractivity contribution in [3.63, 3.8) is 0 Å². The van der Waals surface area contributed by atoms with Crippen LogP contribution < -0.4 is 0 Å². The van der Waals surface area contributed by atoms with Crippen molar-refractivity contribution in [1.82, 2.24) is 4.31 Å². The second-order valence-corrected chi connectivity index (χ2v) is 8.11. The summed E-state index contributed by atoms with van der Waals surface area (Å²) < 4.78 is 27.3. The zero-order chi connectivity index (χ0) is 15.6. The normalized spacial score (nSPS) is 11.9. The van der Waals surface area contributed by atoms with Crippen LogP contribution >= 0.6 is 15.9 Å². The Morgan fingerprint density at radius 3 is 2.43 bits per heavy atom. The van der Waals surface area contributed by atoms with E-state index in [0.29, 0.717) is 11.4 Å². The first-order valence-corrected chi connectivity index (χ1v) is 8.82. The van der Waals surface area contributed by atoms with Crippen molar-refractivity contribution in [3.8, 4) is 0 Å². The molecule has 0 spiro atoms. The molecule has 0 saturated heterocycles. The van der Waals surface area contributed by atoms with Gasteiger partial charge >= 0.3 is 0 Å². The van der Waals surface area contributed by atoms with Crippen LogP contribution in [0.15, 0.2) is 51.8 Å². The quantitative estimate of drug-likeness (QED) is 0.821. The second-order valence-electron chi connectivity index (χ2n) is 5.15. The fraction of sp³-hybridized carbons (Fsp3) is 0.250. The molecule has 2 aromatic rings. The van der Waals surface area contributed by atoms with E-state index in [-0.39, 0.29) is 0 Å². The van der Waals surface area contributed by atoms with Crippen LogP contribution in [0.4, 0.5) is 0 Å². The van der Waals surface area contributed by atoms with E-state index in [4.69, 9.17) is 0 Å². The number of nitrogens with zero attached hydrogens (tertiary/aromatic N) is 1. The largest absolute Gasteiger partial charge is 0.243 e. The maximum Gasteiger partial charge on any atom is 0.243 e. The summed E-state index contributed by atoms with van der Waals surface area (Å²) in [4.78, 5) is 0.295. The minimum atomic E-state index is -3.48. The molecule has 0 aliphatic carbocycles. The van der Waals surface area contributed by atoms with Crippen molar-refractivity contribution >= 4 is 26.0 Å². The molecular weight excluding hydrogens is 350 g/mol. The van der Waals surface area contributed by atoms with Crippen LogP contribution in [0.2, 0.25) is 0 Å². The van der Waals surface area contributed by atoms with Gasteiger partial charge in [-0.15, -0.1) is 0 Å². The lowest BCUT2D eigenvalue weighted by Gasteiger charge is -2.19. The van der Waals surface area contributed by atoms with Gasteiger partial charge in [0.1, 0.15) is 0 Å². The third kappa shape index (κ3) is 3.73. The topological polar surface area (TPSA) is 37.4 Å². The van der Waals surface area contributed by atoms with E-state index in [2.05, 4.69) is 22.0 Å². The van der Waals surface area contributed by atoms with Crippen LogP contribution in [-0.2, 0) is 16.6 Å². The predicted molar refractivity (Wildman–Crippen MR) is 88.7 cm³/mol. The lowest BCUT2D eigenvalue weighted by molar-refractivity contribution is 0.466. The van der Waals surface area contributed by atoms with Gasteiger partial charge in [-0.1, -0.05) is 45.8 Å². The van der Waals surface area contributed by atoms with Gasteiger partial charge in [0.25, 0.3) is 0 Å². The highest BCUT2D eigenvalue weighted by Crippen LogP contribution is 2.21. The summed E-state index contributed by atoms with van der Waals surface area (Å²) in [6.45, 7) is 4.39. The fourth-order valence-corrected chi connectivity index (χ4v) is 3.90. The van der Waals surface area contributed by atoms with Crippen molar-refractivity contribution in [3.05, 3.63) is 63.6 Å². The van der Waals surface area contributed by atoms with Gasteiger partial charge in [-0.2, -0.15) is 4.31 Å². The molecule has 0 unspecified atom stereocenters. The Morgan fingerprint density at radius 1 is 1.10 bits per heavy atom. The summed E-state index contributed by atoms with van der Waals surface area (Å²) in [6, 6.07) is 12.8. The molecule has 112 valence electrons. The molecule has 3 nitrogen and oxygen atoms in total. The van der Waals surface area contributed by atoms with Crippen molar-refractivity contribution in [1.29, 1.82) is 0 Å². The minimum Gasteiger partial charge on any atom is -0.207 e. The molecule has 2 rings (SSSR count). The number of sulfonamides is 1. The SMILES string of the molecule is Cc1ccc(CN(C)S(=O)(=O)c2cccc(Br)c2)c(C)c1. The van der Waals surface area contributed by atoms with Crippen molar-refractivity contribution in [2.45, 2.75) is 25.3 Å². The predicted octanol–water partition coefficient (Wildman–Crippen LogP) is 3.89. The van der Waals surface area contributed by atoms with Crippen LogP contribution in [0.1, 0.15) is 16.7 Å². The van der Waals surface area contributed by atoms with Crippen molar-refractivity contribution in [2.75, 3.05) is 7.05 Å². The Labute approximate surface area is 134 Å². The van der Waals surface area contributed by atoms with E-state index >= 15 is 0 Å². The molecule has 21 heavy (non-hydrogen) atoms. The molecular formula is C16H18BrNO2S. The van der Waals surface area contributed by atoms with E-state index < -0.39 is 10.0 Å². The molecule has 0 saturated carbocycles. The monoisotopic (exact) mass is 367 g/mol. The van der Waals surface area contributed by atoms with Crippen LogP contribution in [0.5, 0.6) is 0 Å². The van der Waals surface area contributed by atoms with Crippen LogP contribution in [0, 0.1) is 13.8 Å². The number of halogens is 1. The molecule has 2 aromatic carbocycles. The second kappa shape index (κ2) is 6.30. The third-order valence-electron chi connectivity index (χ3n) is 3.40. The van der Waals surface area contributed by atoms with Gasteiger partial charge in [-0.25, -0.2) is 8.42 Å². The molecule has 0 N–H and O–H groups in total. The molecule has 5 heteroatoms. The molecule has 0 bridgehead atoms. The van der Waals surface area contributed by atoms with Crippen LogP contribution in [0.25, 0.3) is 0 Å². The Kier molecular flexibility index (Phi) is 4.86. The molecule has 0 atom stereocenters. The zero-order valence-electron chi connectivity index (χ0n) is 12.3. The van der Waals surface area contributed by atoms with Gasteiger partial charge in [0.15, 0.2) is 0 Å². The molecule has 0 aliphatic rings. The Hall–Kier alpha value is -1.17. The molecule has 0 heterocycles. The first-order valence-electron chi connectivity index (χ1n) is 6.59. The van der Waals surface area contributed by atoms with E-state index in [9.17, 15) is 8.42 Å². The third-order valence-corrected chi connectivity index (χ3v) is 5.69. The lowest BCUT2D eigenvalue weighted by Crippen LogP contribution is -2.26. The van der Waals surface area contributed by atoms with Crippen LogP contribution in [-0.4, -0.2) is 19.8 Å². The molecule has 0 radical (unpaired) electrons. The van der Waals surface area contributed by atoms with E-state index in [1.165, 1.54) is 9.87 Å². The minimum absolute atomic E-state index is 0.295. The molecule has 0 fully saturated rings. The van der Waals surface area contributed by atoms with Crippen LogP contribution in [0.3, 0.4) is 0 Å². The Morgan fingerprint density at radius 2 is 1.81 bits per heavy atom. The molecule has 0 aliphatic heterocycles. The Bertz CT molecular complexity index is 757. The summed E-state index contributed by atoms with van der Waals surface area (Å²) in [5, 5.41) is 0. The van der Waals surface area contributed by atoms with Gasteiger partial charge < -0.3 is 0 Å². The highest BCUT2D eigenvalue weighted by molar-refractivity contribution is 9.10. The van der Waals surface area contributed by atoms with E-state index in [1.54, 1.807) is 25.2 Å². The lowest BCUT2D eigenvalue weighted by atomic mass is 10.1. The molecule has 0 aromatic heterocycles. The molecule has 0 amide bonds.